The summed E-state index contributed by atoms with van der Waals surface area (Å²) in [5.41, 5.74) is -0.184. The highest BCUT2D eigenvalue weighted by atomic mass is 16.5. The average molecular weight is 295 g/mol. The molecule has 0 aromatic heterocycles. The molecule has 1 aliphatic rings. The number of carbonyl (C=O) groups excluding carboxylic acids is 1. The molecule has 0 saturated carbocycles. The van der Waals surface area contributed by atoms with Gasteiger partial charge in [-0.2, -0.15) is 0 Å². The number of aliphatic hydroxyl groups is 1. The topological polar surface area (TPSA) is 77.0 Å². The van der Waals surface area contributed by atoms with Gasteiger partial charge in [-0.25, -0.2) is 0 Å². The van der Waals surface area contributed by atoms with E-state index in [9.17, 15) is 9.90 Å². The van der Waals surface area contributed by atoms with Gasteiger partial charge in [0.15, 0.2) is 0 Å². The molecule has 1 fully saturated rings. The third-order valence-corrected chi connectivity index (χ3v) is 3.74. The van der Waals surface area contributed by atoms with Crippen LogP contribution in [0.4, 0.5) is 0 Å². The normalized spacial score (nSPS) is 17.1. The number of carbonyl (C=O) groups is 1. The Morgan fingerprint density at radius 3 is 2.29 bits per heavy atom. The molecular weight excluding hydrogens is 274 g/mol. The molecular formula is C15H21NO5. The van der Waals surface area contributed by atoms with Gasteiger partial charge in [-0.15, -0.1) is 0 Å². The number of methoxy groups -OCH3 is 2. The minimum Gasteiger partial charge on any atom is -0.497 e. The number of nitrogens with one attached hydrogen (secondary N) is 1. The molecule has 2 rings (SSSR count). The fourth-order valence-electron chi connectivity index (χ4n) is 2.34. The first-order valence-corrected chi connectivity index (χ1v) is 6.87. The van der Waals surface area contributed by atoms with Crippen LogP contribution in [0.15, 0.2) is 18.2 Å². The maximum atomic E-state index is 12.4. The van der Waals surface area contributed by atoms with E-state index < -0.39 is 5.54 Å². The first kappa shape index (κ1) is 15.6. The van der Waals surface area contributed by atoms with Crippen molar-refractivity contribution in [3.63, 3.8) is 0 Å². The molecule has 1 amide bonds. The zero-order chi connectivity index (χ0) is 15.3. The lowest BCUT2D eigenvalue weighted by atomic mass is 9.90. The van der Waals surface area contributed by atoms with Gasteiger partial charge in [0, 0.05) is 24.8 Å². The summed E-state index contributed by atoms with van der Waals surface area (Å²) in [7, 11) is 3.06. The zero-order valence-electron chi connectivity index (χ0n) is 12.3. The second-order valence-corrected chi connectivity index (χ2v) is 5.11. The molecule has 1 heterocycles. The number of rotatable bonds is 5. The van der Waals surface area contributed by atoms with Gasteiger partial charge in [0.1, 0.15) is 11.5 Å². The highest BCUT2D eigenvalue weighted by molar-refractivity contribution is 5.95. The maximum absolute atomic E-state index is 12.4. The molecule has 6 heteroatoms. The quantitative estimate of drug-likeness (QED) is 0.846. The van der Waals surface area contributed by atoms with Crippen LogP contribution in [0.3, 0.4) is 0 Å². The molecule has 6 nitrogen and oxygen atoms in total. The summed E-state index contributed by atoms with van der Waals surface area (Å²) in [6.07, 6.45) is 1.19. The summed E-state index contributed by atoms with van der Waals surface area (Å²) in [6, 6.07) is 4.98. The van der Waals surface area contributed by atoms with Gasteiger partial charge in [-0.05, 0) is 25.0 Å². The summed E-state index contributed by atoms with van der Waals surface area (Å²) < 4.78 is 15.6. The van der Waals surface area contributed by atoms with E-state index in [1.165, 1.54) is 14.2 Å². The summed E-state index contributed by atoms with van der Waals surface area (Å²) in [5, 5.41) is 12.5. The fraction of sp³-hybridized carbons (Fsp3) is 0.533. The molecule has 0 atom stereocenters. The number of hydrogen-bond donors (Lipinski definition) is 2. The number of hydrogen-bond acceptors (Lipinski definition) is 5. The molecule has 1 saturated heterocycles. The highest BCUT2D eigenvalue weighted by Crippen LogP contribution is 2.25. The first-order chi connectivity index (χ1) is 10.1. The Bertz CT molecular complexity index is 475. The van der Waals surface area contributed by atoms with Gasteiger partial charge in [-0.3, -0.25) is 4.79 Å². The van der Waals surface area contributed by atoms with Crippen molar-refractivity contribution in [2.24, 2.45) is 0 Å². The van der Waals surface area contributed by atoms with Gasteiger partial charge < -0.3 is 24.6 Å². The van der Waals surface area contributed by atoms with E-state index in [1.807, 2.05) is 0 Å². The van der Waals surface area contributed by atoms with Gasteiger partial charge >= 0.3 is 0 Å². The Morgan fingerprint density at radius 1 is 1.24 bits per heavy atom. The van der Waals surface area contributed by atoms with Crippen molar-refractivity contribution in [1.29, 1.82) is 0 Å². The summed E-state index contributed by atoms with van der Waals surface area (Å²) in [4.78, 5) is 12.4. The van der Waals surface area contributed by atoms with Crippen LogP contribution < -0.4 is 14.8 Å². The Kier molecular flexibility index (Phi) is 5.03. The Labute approximate surface area is 124 Å². The smallest absolute Gasteiger partial charge is 0.252 e. The van der Waals surface area contributed by atoms with Crippen molar-refractivity contribution < 1.29 is 24.1 Å². The number of benzene rings is 1. The van der Waals surface area contributed by atoms with Crippen LogP contribution in [0.2, 0.25) is 0 Å². The van der Waals surface area contributed by atoms with Crippen LogP contribution in [-0.2, 0) is 4.74 Å². The Balaban J connectivity index is 2.19. The van der Waals surface area contributed by atoms with Crippen molar-refractivity contribution >= 4 is 5.91 Å². The molecule has 1 aromatic rings. The van der Waals surface area contributed by atoms with Crippen molar-refractivity contribution in [2.45, 2.75) is 18.4 Å². The third-order valence-electron chi connectivity index (χ3n) is 3.74. The van der Waals surface area contributed by atoms with E-state index in [0.717, 1.165) is 0 Å². The SMILES string of the molecule is COc1cc(OC)cc(C(=O)NC2(CO)CCOCC2)c1. The standard InChI is InChI=1S/C15H21NO5/c1-19-12-7-11(8-13(9-12)20-2)14(18)16-15(10-17)3-5-21-6-4-15/h7-9,17H,3-6,10H2,1-2H3,(H,16,18). The van der Waals surface area contributed by atoms with E-state index in [1.54, 1.807) is 18.2 Å². The summed E-state index contributed by atoms with van der Waals surface area (Å²) in [5.74, 6) is 0.831. The van der Waals surface area contributed by atoms with E-state index in [-0.39, 0.29) is 12.5 Å². The number of amides is 1. The van der Waals surface area contributed by atoms with Gasteiger partial charge in [-0.1, -0.05) is 0 Å². The van der Waals surface area contributed by atoms with Crippen LogP contribution in [-0.4, -0.2) is 50.6 Å². The van der Waals surface area contributed by atoms with Crippen molar-refractivity contribution in [3.05, 3.63) is 23.8 Å². The van der Waals surface area contributed by atoms with Gasteiger partial charge in [0.05, 0.1) is 26.4 Å². The molecule has 0 radical (unpaired) electrons. The Hall–Kier alpha value is -1.79. The molecule has 21 heavy (non-hydrogen) atoms. The number of aliphatic hydroxyl groups excluding tert-OH is 1. The fourth-order valence-corrected chi connectivity index (χ4v) is 2.34. The van der Waals surface area contributed by atoms with Gasteiger partial charge in [0.2, 0.25) is 0 Å². The van der Waals surface area contributed by atoms with Crippen molar-refractivity contribution in [2.75, 3.05) is 34.0 Å². The van der Waals surface area contributed by atoms with E-state index in [2.05, 4.69) is 5.32 Å². The maximum Gasteiger partial charge on any atom is 0.252 e. The van der Waals surface area contributed by atoms with Crippen LogP contribution in [0, 0.1) is 0 Å². The lowest BCUT2D eigenvalue weighted by Crippen LogP contribution is -2.54. The van der Waals surface area contributed by atoms with Crippen LogP contribution in [0.25, 0.3) is 0 Å². The molecule has 0 bridgehead atoms. The van der Waals surface area contributed by atoms with Crippen molar-refractivity contribution in [1.82, 2.24) is 5.32 Å². The molecule has 0 unspecified atom stereocenters. The second kappa shape index (κ2) is 6.78. The lowest BCUT2D eigenvalue weighted by molar-refractivity contribution is 0.0125. The zero-order valence-corrected chi connectivity index (χ0v) is 12.3. The molecule has 116 valence electrons. The van der Waals surface area contributed by atoms with Gasteiger partial charge in [0.25, 0.3) is 5.91 Å². The predicted molar refractivity (Wildman–Crippen MR) is 76.9 cm³/mol. The van der Waals surface area contributed by atoms with Crippen LogP contribution >= 0.6 is 0 Å². The lowest BCUT2D eigenvalue weighted by Gasteiger charge is -2.36. The van der Waals surface area contributed by atoms with E-state index in [0.29, 0.717) is 43.1 Å². The first-order valence-electron chi connectivity index (χ1n) is 6.87. The molecule has 2 N–H and O–H groups in total. The largest absolute Gasteiger partial charge is 0.497 e. The van der Waals surface area contributed by atoms with E-state index >= 15 is 0 Å². The molecule has 1 aromatic carbocycles. The van der Waals surface area contributed by atoms with Crippen LogP contribution in [0.1, 0.15) is 23.2 Å². The third kappa shape index (κ3) is 3.65. The minimum atomic E-state index is -0.619. The highest BCUT2D eigenvalue weighted by Gasteiger charge is 2.33. The predicted octanol–water partition coefficient (Wildman–Crippen LogP) is 0.975. The number of ether oxygens (including phenoxy) is 3. The van der Waals surface area contributed by atoms with Crippen LogP contribution in [0.5, 0.6) is 11.5 Å². The molecule has 0 aliphatic carbocycles. The average Bonchev–Trinajstić information content (AvgIpc) is 2.55. The molecule has 1 aliphatic heterocycles. The Morgan fingerprint density at radius 2 is 1.81 bits per heavy atom. The molecule has 0 spiro atoms. The summed E-state index contributed by atoms with van der Waals surface area (Å²) >= 11 is 0. The minimum absolute atomic E-state index is 0.108. The second-order valence-electron chi connectivity index (χ2n) is 5.11. The summed E-state index contributed by atoms with van der Waals surface area (Å²) in [6.45, 7) is 0.952. The van der Waals surface area contributed by atoms with E-state index in [4.69, 9.17) is 14.2 Å². The monoisotopic (exact) mass is 295 g/mol. The van der Waals surface area contributed by atoms with Crippen molar-refractivity contribution in [3.8, 4) is 11.5 Å².